The molecule has 0 bridgehead atoms. The fourth-order valence-electron chi connectivity index (χ4n) is 2.81. The molecule has 132 valence electrons. The van der Waals surface area contributed by atoms with E-state index in [1.54, 1.807) is 18.1 Å². The van der Waals surface area contributed by atoms with Crippen molar-refractivity contribution >= 4 is 45.7 Å². The number of benzene rings is 1. The first kappa shape index (κ1) is 18.4. The Bertz CT molecular complexity index is 718. The second-order valence-electron chi connectivity index (χ2n) is 5.92. The van der Waals surface area contributed by atoms with Crippen LogP contribution in [0.25, 0.3) is 0 Å². The number of thioether (sulfide) groups is 1. The molecule has 1 aliphatic rings. The number of halogens is 1. The lowest BCUT2D eigenvalue weighted by atomic mass is 10.1. The van der Waals surface area contributed by atoms with Crippen molar-refractivity contribution in [3.8, 4) is 0 Å². The lowest BCUT2D eigenvalue weighted by Gasteiger charge is -2.34. The average molecular weight is 393 g/mol. The molecule has 2 aromatic rings. The van der Waals surface area contributed by atoms with Crippen LogP contribution < -0.4 is 5.32 Å². The fraction of sp³-hybridized carbons (Fsp3) is 0.389. The highest BCUT2D eigenvalue weighted by atomic mass is 35.5. The molecule has 0 aliphatic carbocycles. The van der Waals surface area contributed by atoms with Crippen molar-refractivity contribution in [2.75, 3.05) is 18.4 Å². The number of piperidine rings is 1. The summed E-state index contributed by atoms with van der Waals surface area (Å²) in [7, 11) is 0. The van der Waals surface area contributed by atoms with Crippen molar-refractivity contribution < 1.29 is 0 Å². The average Bonchev–Trinajstić information content (AvgIpc) is 2.65. The monoisotopic (exact) mass is 392 g/mol. The van der Waals surface area contributed by atoms with Crippen molar-refractivity contribution in [3.05, 3.63) is 47.4 Å². The number of nitrogens with one attached hydrogen (secondary N) is 1. The molecule has 1 aliphatic heterocycles. The highest BCUT2D eigenvalue weighted by Gasteiger charge is 2.22. The maximum Gasteiger partial charge on any atom is 0.148 e. The molecule has 25 heavy (non-hydrogen) atoms. The van der Waals surface area contributed by atoms with Gasteiger partial charge in [0.05, 0.1) is 5.69 Å². The zero-order valence-corrected chi connectivity index (χ0v) is 16.5. The van der Waals surface area contributed by atoms with E-state index in [-0.39, 0.29) is 0 Å². The number of hydrogen-bond donors (Lipinski definition) is 1. The molecule has 1 aromatic carbocycles. The van der Waals surface area contributed by atoms with Gasteiger partial charge in [-0.05, 0) is 31.4 Å². The molecule has 7 heteroatoms. The molecule has 0 radical (unpaired) electrons. The topological polar surface area (TPSA) is 41.1 Å². The first-order chi connectivity index (χ1) is 12.2. The van der Waals surface area contributed by atoms with Gasteiger partial charge in [0.2, 0.25) is 0 Å². The Hall–Kier alpha value is -1.37. The van der Waals surface area contributed by atoms with E-state index in [9.17, 15) is 0 Å². The molecule has 2 heterocycles. The summed E-state index contributed by atoms with van der Waals surface area (Å²) in [6, 6.07) is 10.6. The molecule has 0 atom stereocenters. The maximum atomic E-state index is 6.38. The van der Waals surface area contributed by atoms with E-state index in [1.165, 1.54) is 4.90 Å². The summed E-state index contributed by atoms with van der Waals surface area (Å²) in [6.45, 7) is 3.93. The van der Waals surface area contributed by atoms with E-state index in [1.807, 2.05) is 25.1 Å². The number of rotatable bonds is 4. The third-order valence-electron chi connectivity index (χ3n) is 4.24. The van der Waals surface area contributed by atoms with Gasteiger partial charge in [0.25, 0.3) is 0 Å². The van der Waals surface area contributed by atoms with Crippen LogP contribution in [0.15, 0.2) is 41.6 Å². The second-order valence-corrected chi connectivity index (χ2v) is 8.01. The first-order valence-electron chi connectivity index (χ1n) is 8.45. The van der Waals surface area contributed by atoms with Crippen LogP contribution in [0.5, 0.6) is 0 Å². The lowest BCUT2D eigenvalue weighted by Crippen LogP contribution is -2.40. The summed E-state index contributed by atoms with van der Waals surface area (Å²) < 4.78 is 0.943. The largest absolute Gasteiger partial charge is 0.366 e. The smallest absolute Gasteiger partial charge is 0.148 e. The SMILES string of the molecule is CCc1ncnc(NC2CCN(C(=S)Sc3ccccc3)CC2)c1Cl. The molecule has 0 saturated carbocycles. The number of likely N-dealkylation sites (tertiary alicyclic amines) is 1. The van der Waals surface area contributed by atoms with E-state index in [2.05, 4.69) is 32.3 Å². The van der Waals surface area contributed by atoms with Crippen LogP contribution in [-0.4, -0.2) is 38.3 Å². The summed E-state index contributed by atoms with van der Waals surface area (Å²) in [4.78, 5) is 12.0. The van der Waals surface area contributed by atoms with Crippen LogP contribution in [0.2, 0.25) is 5.02 Å². The first-order valence-corrected chi connectivity index (χ1v) is 10.1. The number of thiocarbonyl (C=S) groups is 1. The van der Waals surface area contributed by atoms with Gasteiger partial charge in [-0.1, -0.05) is 60.7 Å². The summed E-state index contributed by atoms with van der Waals surface area (Å²) in [5, 5.41) is 4.11. The van der Waals surface area contributed by atoms with Crippen LogP contribution in [0.4, 0.5) is 5.82 Å². The number of aryl methyl sites for hydroxylation is 1. The van der Waals surface area contributed by atoms with Crippen LogP contribution in [0.3, 0.4) is 0 Å². The minimum absolute atomic E-state index is 0.359. The van der Waals surface area contributed by atoms with Crippen LogP contribution in [0.1, 0.15) is 25.5 Å². The highest BCUT2D eigenvalue weighted by molar-refractivity contribution is 8.22. The standard InChI is InChI=1S/C18H21ClN4S2/c1-2-15-16(19)17(21-12-20-15)22-13-8-10-23(11-9-13)18(24)25-14-6-4-3-5-7-14/h3-7,12-13H,2,8-11H2,1H3,(H,20,21,22). The van der Waals surface area contributed by atoms with E-state index in [0.29, 0.717) is 11.1 Å². The van der Waals surface area contributed by atoms with E-state index in [0.717, 1.165) is 48.2 Å². The van der Waals surface area contributed by atoms with Crippen LogP contribution in [0, 0.1) is 0 Å². The normalized spacial score (nSPS) is 15.2. The van der Waals surface area contributed by atoms with Gasteiger partial charge in [-0.3, -0.25) is 0 Å². The highest BCUT2D eigenvalue weighted by Crippen LogP contribution is 2.27. The van der Waals surface area contributed by atoms with E-state index < -0.39 is 0 Å². The van der Waals surface area contributed by atoms with E-state index >= 15 is 0 Å². The van der Waals surface area contributed by atoms with E-state index in [4.69, 9.17) is 23.8 Å². The summed E-state index contributed by atoms with van der Waals surface area (Å²) >= 11 is 13.6. The third-order valence-corrected chi connectivity index (χ3v) is 6.08. The number of nitrogens with zero attached hydrogens (tertiary/aromatic N) is 3. The minimum atomic E-state index is 0.359. The maximum absolute atomic E-state index is 6.38. The van der Waals surface area contributed by atoms with Gasteiger partial charge < -0.3 is 10.2 Å². The van der Waals surface area contributed by atoms with Gasteiger partial charge in [-0.15, -0.1) is 0 Å². The molecule has 0 spiro atoms. The predicted molar refractivity (Wildman–Crippen MR) is 110 cm³/mol. The third kappa shape index (κ3) is 4.84. The Balaban J connectivity index is 1.53. The Morgan fingerprint density at radius 3 is 2.68 bits per heavy atom. The number of aromatic nitrogens is 2. The predicted octanol–water partition coefficient (Wildman–Crippen LogP) is 4.65. The Labute approximate surface area is 163 Å². The molecule has 1 aromatic heterocycles. The summed E-state index contributed by atoms with van der Waals surface area (Å²) in [5.41, 5.74) is 0.886. The zero-order valence-electron chi connectivity index (χ0n) is 14.1. The molecule has 0 unspecified atom stereocenters. The van der Waals surface area contributed by atoms with Gasteiger partial charge in [0.15, 0.2) is 0 Å². The molecule has 0 amide bonds. The van der Waals surface area contributed by atoms with Crippen molar-refractivity contribution in [2.45, 2.75) is 37.1 Å². The molecular formula is C18H21ClN4S2. The van der Waals surface area contributed by atoms with Crippen molar-refractivity contribution in [1.82, 2.24) is 14.9 Å². The molecule has 1 saturated heterocycles. The van der Waals surface area contributed by atoms with Crippen molar-refractivity contribution in [3.63, 3.8) is 0 Å². The lowest BCUT2D eigenvalue weighted by molar-refractivity contribution is 0.332. The Morgan fingerprint density at radius 2 is 2.00 bits per heavy atom. The van der Waals surface area contributed by atoms with Crippen molar-refractivity contribution in [1.29, 1.82) is 0 Å². The summed E-state index contributed by atoms with van der Waals surface area (Å²) in [6.07, 6.45) is 4.40. The second kappa shape index (κ2) is 8.83. The van der Waals surface area contributed by atoms with Gasteiger partial charge in [-0.2, -0.15) is 0 Å². The molecular weight excluding hydrogens is 372 g/mol. The number of hydrogen-bond acceptors (Lipinski definition) is 5. The minimum Gasteiger partial charge on any atom is -0.366 e. The molecule has 1 N–H and O–H groups in total. The summed E-state index contributed by atoms with van der Waals surface area (Å²) in [5.74, 6) is 0.744. The van der Waals surface area contributed by atoms with Gasteiger partial charge in [0.1, 0.15) is 21.5 Å². The van der Waals surface area contributed by atoms with Gasteiger partial charge in [0, 0.05) is 24.0 Å². The zero-order chi connectivity index (χ0) is 17.6. The van der Waals surface area contributed by atoms with Gasteiger partial charge in [-0.25, -0.2) is 9.97 Å². The Morgan fingerprint density at radius 1 is 1.28 bits per heavy atom. The fourth-order valence-corrected chi connectivity index (χ4v) is 4.37. The van der Waals surface area contributed by atoms with Crippen molar-refractivity contribution in [2.24, 2.45) is 0 Å². The quantitative estimate of drug-likeness (QED) is 0.603. The molecule has 4 nitrogen and oxygen atoms in total. The Kier molecular flexibility index (Phi) is 6.51. The molecule has 1 fully saturated rings. The van der Waals surface area contributed by atoms with Gasteiger partial charge >= 0.3 is 0 Å². The molecule has 3 rings (SSSR count). The van der Waals surface area contributed by atoms with Crippen LogP contribution in [-0.2, 0) is 6.42 Å². The number of anilines is 1. The van der Waals surface area contributed by atoms with Crippen LogP contribution >= 0.6 is 35.6 Å².